The second-order valence-corrected chi connectivity index (χ2v) is 8.00. The molecule has 0 heterocycles. The van der Waals surface area contributed by atoms with Crippen LogP contribution in [0.5, 0.6) is 0 Å². The molecular formula is C23H25BrF2N2O4. The summed E-state index contributed by atoms with van der Waals surface area (Å²) in [4.78, 5) is 37.3. The summed E-state index contributed by atoms with van der Waals surface area (Å²) in [5.74, 6) is -3.32. The first-order valence-corrected chi connectivity index (χ1v) is 11.2. The van der Waals surface area contributed by atoms with Crippen LogP contribution in [0.2, 0.25) is 0 Å². The van der Waals surface area contributed by atoms with Crippen LogP contribution in [0.25, 0.3) is 0 Å². The summed E-state index contributed by atoms with van der Waals surface area (Å²) in [6, 6.07) is 10.0. The van der Waals surface area contributed by atoms with Crippen LogP contribution in [0.3, 0.4) is 0 Å². The monoisotopic (exact) mass is 510 g/mol. The van der Waals surface area contributed by atoms with Crippen LogP contribution >= 0.6 is 15.9 Å². The number of hydrogen-bond acceptors (Lipinski definition) is 4. The van der Waals surface area contributed by atoms with Gasteiger partial charge in [0.25, 0.3) is 0 Å². The van der Waals surface area contributed by atoms with E-state index in [9.17, 15) is 23.2 Å². The van der Waals surface area contributed by atoms with Gasteiger partial charge in [-0.1, -0.05) is 46.3 Å². The van der Waals surface area contributed by atoms with E-state index in [1.807, 2.05) is 30.3 Å². The van der Waals surface area contributed by atoms with Gasteiger partial charge in [0, 0.05) is 17.8 Å². The van der Waals surface area contributed by atoms with E-state index in [-0.39, 0.29) is 25.0 Å². The Morgan fingerprint density at radius 3 is 2.28 bits per heavy atom. The summed E-state index contributed by atoms with van der Waals surface area (Å²) in [6.45, 7) is 1.66. The van der Waals surface area contributed by atoms with Crippen molar-refractivity contribution in [2.24, 2.45) is 0 Å². The Kier molecular flexibility index (Phi) is 10.3. The fourth-order valence-corrected chi connectivity index (χ4v) is 3.15. The third kappa shape index (κ3) is 8.74. The van der Waals surface area contributed by atoms with Crippen molar-refractivity contribution in [1.82, 2.24) is 10.6 Å². The SMILES string of the molecule is C[C@H](NC(=O)Cc1cc(F)cc(F)c1)C(=O)N[C@@H](Cc1ccccc1)C(=O)OCCCBr. The molecule has 2 amide bonds. The normalized spacial score (nSPS) is 12.5. The predicted molar refractivity (Wildman–Crippen MR) is 119 cm³/mol. The number of ether oxygens (including phenoxy) is 1. The Bertz CT molecular complexity index is 907. The standard InChI is InChI=1S/C23H25BrF2N2O4/c1-15(27-21(29)13-17-10-18(25)14-19(26)11-17)22(30)28-20(23(31)32-9-5-8-24)12-16-6-3-2-4-7-16/h2-4,6-7,10-11,14-15,20H,5,8-9,12-13H2,1H3,(H,27,29)(H,28,30)/t15-,20-/m0/s1. The molecule has 6 nitrogen and oxygen atoms in total. The molecule has 9 heteroatoms. The number of alkyl halides is 1. The molecule has 2 rings (SSSR count). The van der Waals surface area contributed by atoms with Crippen molar-refractivity contribution in [3.8, 4) is 0 Å². The van der Waals surface area contributed by atoms with E-state index >= 15 is 0 Å². The highest BCUT2D eigenvalue weighted by atomic mass is 79.9. The van der Waals surface area contributed by atoms with Crippen molar-refractivity contribution in [2.75, 3.05) is 11.9 Å². The number of halogens is 3. The smallest absolute Gasteiger partial charge is 0.328 e. The Hall–Kier alpha value is -2.81. The van der Waals surface area contributed by atoms with Gasteiger partial charge in [-0.15, -0.1) is 0 Å². The summed E-state index contributed by atoms with van der Waals surface area (Å²) in [5.41, 5.74) is 0.977. The Morgan fingerprint density at radius 1 is 1.00 bits per heavy atom. The average Bonchev–Trinajstić information content (AvgIpc) is 2.73. The van der Waals surface area contributed by atoms with Gasteiger partial charge in [-0.25, -0.2) is 13.6 Å². The number of carbonyl (C=O) groups excluding carboxylic acids is 3. The van der Waals surface area contributed by atoms with Gasteiger partial charge >= 0.3 is 5.97 Å². The van der Waals surface area contributed by atoms with E-state index in [1.165, 1.54) is 6.92 Å². The highest BCUT2D eigenvalue weighted by Gasteiger charge is 2.26. The first-order valence-electron chi connectivity index (χ1n) is 10.1. The Balaban J connectivity index is 1.98. The lowest BCUT2D eigenvalue weighted by Crippen LogP contribution is -2.51. The molecule has 0 aliphatic heterocycles. The fraction of sp³-hybridized carbons (Fsp3) is 0.348. The van der Waals surface area contributed by atoms with Gasteiger partial charge in [0.1, 0.15) is 23.7 Å². The second kappa shape index (κ2) is 12.9. The van der Waals surface area contributed by atoms with E-state index < -0.39 is 41.5 Å². The number of carbonyl (C=O) groups is 3. The molecule has 2 aromatic carbocycles. The van der Waals surface area contributed by atoms with Crippen LogP contribution in [0.15, 0.2) is 48.5 Å². The van der Waals surface area contributed by atoms with E-state index in [0.717, 1.165) is 17.7 Å². The molecule has 2 atom stereocenters. The minimum atomic E-state index is -0.977. The number of rotatable bonds is 11. The minimum Gasteiger partial charge on any atom is -0.464 e. The molecule has 0 bridgehead atoms. The summed E-state index contributed by atoms with van der Waals surface area (Å²) >= 11 is 3.26. The van der Waals surface area contributed by atoms with Crippen LogP contribution in [0.4, 0.5) is 8.78 Å². The average molecular weight is 511 g/mol. The van der Waals surface area contributed by atoms with Crippen molar-refractivity contribution < 1.29 is 27.9 Å². The van der Waals surface area contributed by atoms with E-state index in [1.54, 1.807) is 0 Å². The van der Waals surface area contributed by atoms with Crippen LogP contribution in [-0.4, -0.2) is 41.8 Å². The zero-order valence-corrected chi connectivity index (χ0v) is 19.2. The molecule has 2 aromatic rings. The largest absolute Gasteiger partial charge is 0.464 e. The third-order valence-electron chi connectivity index (χ3n) is 4.46. The van der Waals surface area contributed by atoms with Crippen LogP contribution < -0.4 is 10.6 Å². The molecule has 0 spiro atoms. The topological polar surface area (TPSA) is 84.5 Å². The first-order chi connectivity index (χ1) is 15.3. The lowest BCUT2D eigenvalue weighted by Gasteiger charge is -2.21. The summed E-state index contributed by atoms with van der Waals surface area (Å²) < 4.78 is 31.8. The van der Waals surface area contributed by atoms with Crippen molar-refractivity contribution >= 4 is 33.7 Å². The molecule has 0 aliphatic rings. The van der Waals surface area contributed by atoms with Crippen molar-refractivity contribution in [3.63, 3.8) is 0 Å². The summed E-state index contributed by atoms with van der Waals surface area (Å²) in [5, 5.41) is 5.77. The van der Waals surface area contributed by atoms with E-state index in [4.69, 9.17) is 4.74 Å². The highest BCUT2D eigenvalue weighted by Crippen LogP contribution is 2.09. The molecule has 32 heavy (non-hydrogen) atoms. The van der Waals surface area contributed by atoms with Crippen LogP contribution in [0, 0.1) is 11.6 Å². The third-order valence-corrected chi connectivity index (χ3v) is 5.02. The number of nitrogens with one attached hydrogen (secondary N) is 2. The van der Waals surface area contributed by atoms with Gasteiger partial charge in [-0.05, 0) is 36.6 Å². The number of amides is 2. The van der Waals surface area contributed by atoms with E-state index in [2.05, 4.69) is 26.6 Å². The van der Waals surface area contributed by atoms with Crippen molar-refractivity contribution in [1.29, 1.82) is 0 Å². The maximum Gasteiger partial charge on any atom is 0.328 e. The van der Waals surface area contributed by atoms with Gasteiger partial charge in [-0.3, -0.25) is 9.59 Å². The van der Waals surface area contributed by atoms with Gasteiger partial charge in [0.2, 0.25) is 11.8 Å². The molecule has 0 saturated heterocycles. The van der Waals surface area contributed by atoms with Gasteiger partial charge in [0.05, 0.1) is 13.0 Å². The van der Waals surface area contributed by atoms with Crippen molar-refractivity contribution in [2.45, 2.75) is 38.3 Å². The molecule has 0 saturated carbocycles. The van der Waals surface area contributed by atoms with Gasteiger partial charge in [-0.2, -0.15) is 0 Å². The first kappa shape index (κ1) is 25.5. The van der Waals surface area contributed by atoms with E-state index in [0.29, 0.717) is 17.8 Å². The predicted octanol–water partition coefficient (Wildman–Crippen LogP) is 3.07. The molecule has 0 unspecified atom stereocenters. The maximum absolute atomic E-state index is 13.3. The summed E-state index contributed by atoms with van der Waals surface area (Å²) in [6.07, 6.45) is 0.558. The zero-order chi connectivity index (χ0) is 23.5. The fourth-order valence-electron chi connectivity index (χ4n) is 2.92. The van der Waals surface area contributed by atoms with Crippen LogP contribution in [-0.2, 0) is 32.0 Å². The number of hydrogen-bond donors (Lipinski definition) is 2. The zero-order valence-electron chi connectivity index (χ0n) is 17.6. The summed E-state index contributed by atoms with van der Waals surface area (Å²) in [7, 11) is 0. The quantitative estimate of drug-likeness (QED) is 0.276. The van der Waals surface area contributed by atoms with Gasteiger partial charge < -0.3 is 15.4 Å². The Morgan fingerprint density at radius 2 is 1.66 bits per heavy atom. The number of esters is 1. The minimum absolute atomic E-state index is 0.143. The van der Waals surface area contributed by atoms with Crippen LogP contribution in [0.1, 0.15) is 24.5 Å². The lowest BCUT2D eigenvalue weighted by atomic mass is 10.1. The lowest BCUT2D eigenvalue weighted by molar-refractivity contribution is -0.148. The molecule has 0 aliphatic carbocycles. The van der Waals surface area contributed by atoms with Gasteiger partial charge in [0.15, 0.2) is 0 Å². The molecule has 0 radical (unpaired) electrons. The second-order valence-electron chi connectivity index (χ2n) is 7.20. The van der Waals surface area contributed by atoms with Crippen molar-refractivity contribution in [3.05, 3.63) is 71.3 Å². The molecule has 2 N–H and O–H groups in total. The highest BCUT2D eigenvalue weighted by molar-refractivity contribution is 9.09. The molecule has 0 aromatic heterocycles. The Labute approximate surface area is 193 Å². The molecular weight excluding hydrogens is 486 g/mol. The number of benzene rings is 2. The maximum atomic E-state index is 13.3. The molecule has 172 valence electrons. The molecule has 0 fully saturated rings.